The average molecular weight is 247 g/mol. The van der Waals surface area contributed by atoms with Gasteiger partial charge in [0.2, 0.25) is 0 Å². The fraction of sp³-hybridized carbons (Fsp3) is 0.417. The van der Waals surface area contributed by atoms with Gasteiger partial charge in [0.05, 0.1) is 5.69 Å². The molecule has 0 spiro atoms. The molecule has 0 bridgehead atoms. The minimum Gasteiger partial charge on any atom is -0.352 e. The Balaban J connectivity index is 2.58. The molecule has 1 aromatic rings. The minimum absolute atomic E-state index is 0.211. The lowest BCUT2D eigenvalue weighted by atomic mass is 10.1. The number of benzene rings is 1. The average Bonchev–Trinajstić information content (AvgIpc) is 2.35. The van der Waals surface area contributed by atoms with Crippen LogP contribution in [0.1, 0.15) is 16.8 Å². The lowest BCUT2D eigenvalue weighted by molar-refractivity contribution is 0.0953. The lowest BCUT2D eigenvalue weighted by Crippen LogP contribution is -2.27. The summed E-state index contributed by atoms with van der Waals surface area (Å²) in [5, 5.41) is 6.30. The van der Waals surface area contributed by atoms with Gasteiger partial charge in [0, 0.05) is 17.0 Å². The molecule has 96 valence electrons. The van der Waals surface area contributed by atoms with E-state index in [0.717, 1.165) is 13.0 Å². The van der Waals surface area contributed by atoms with Crippen LogP contribution in [-0.4, -0.2) is 38.0 Å². The van der Waals surface area contributed by atoms with Crippen molar-refractivity contribution in [1.29, 1.82) is 0 Å². The molecule has 0 radical (unpaired) electrons. The van der Waals surface area contributed by atoms with E-state index in [1.54, 1.807) is 24.3 Å². The van der Waals surface area contributed by atoms with Crippen LogP contribution in [0.3, 0.4) is 0 Å². The smallest absolute Gasteiger partial charge is 0.251 e. The topological polar surface area (TPSA) is 81.1 Å². The predicted molar refractivity (Wildman–Crippen MR) is 70.8 cm³/mol. The van der Waals surface area contributed by atoms with Crippen LogP contribution in [0.4, 0.5) is 5.69 Å². The van der Waals surface area contributed by atoms with Crippen molar-refractivity contribution >= 4 is 11.6 Å². The van der Waals surface area contributed by atoms with Gasteiger partial charge >= 0.3 is 0 Å². The Kier molecular flexibility index (Phi) is 5.70. The zero-order chi connectivity index (χ0) is 13.4. The van der Waals surface area contributed by atoms with Crippen LogP contribution in [0.5, 0.6) is 0 Å². The Labute approximate surface area is 106 Å². The SMILES string of the molecule is CN(C)CCCNC(=O)c1ccccc1N=[N+]=[N-]. The highest BCUT2D eigenvalue weighted by atomic mass is 16.1. The lowest BCUT2D eigenvalue weighted by Gasteiger charge is -2.10. The molecular weight excluding hydrogens is 230 g/mol. The Bertz CT molecular complexity index is 452. The molecule has 0 saturated carbocycles. The first-order valence-electron chi connectivity index (χ1n) is 5.72. The summed E-state index contributed by atoms with van der Waals surface area (Å²) in [5.41, 5.74) is 9.18. The molecule has 0 fully saturated rings. The van der Waals surface area contributed by atoms with E-state index in [0.29, 0.717) is 17.8 Å². The zero-order valence-electron chi connectivity index (χ0n) is 10.6. The Morgan fingerprint density at radius 1 is 1.44 bits per heavy atom. The van der Waals surface area contributed by atoms with Crippen molar-refractivity contribution in [1.82, 2.24) is 10.2 Å². The van der Waals surface area contributed by atoms with Crippen molar-refractivity contribution < 1.29 is 4.79 Å². The molecule has 18 heavy (non-hydrogen) atoms. The van der Waals surface area contributed by atoms with E-state index in [1.807, 2.05) is 14.1 Å². The fourth-order valence-corrected chi connectivity index (χ4v) is 1.49. The third-order valence-corrected chi connectivity index (χ3v) is 2.37. The second-order valence-corrected chi connectivity index (χ2v) is 4.12. The van der Waals surface area contributed by atoms with Crippen LogP contribution in [0.2, 0.25) is 0 Å². The van der Waals surface area contributed by atoms with Crippen molar-refractivity contribution in [3.63, 3.8) is 0 Å². The monoisotopic (exact) mass is 247 g/mol. The predicted octanol–water partition coefficient (Wildman–Crippen LogP) is 2.31. The molecule has 0 unspecified atom stereocenters. The van der Waals surface area contributed by atoms with Crippen molar-refractivity contribution in [2.24, 2.45) is 5.11 Å². The summed E-state index contributed by atoms with van der Waals surface area (Å²) in [5.74, 6) is -0.211. The van der Waals surface area contributed by atoms with Crippen molar-refractivity contribution in [2.45, 2.75) is 6.42 Å². The molecule has 0 aromatic heterocycles. The van der Waals surface area contributed by atoms with E-state index in [-0.39, 0.29) is 5.91 Å². The van der Waals surface area contributed by atoms with Crippen LogP contribution < -0.4 is 5.32 Å². The largest absolute Gasteiger partial charge is 0.352 e. The van der Waals surface area contributed by atoms with Gasteiger partial charge in [-0.15, -0.1) is 0 Å². The highest BCUT2D eigenvalue weighted by Gasteiger charge is 2.08. The van der Waals surface area contributed by atoms with Gasteiger partial charge in [-0.1, -0.05) is 23.3 Å². The second-order valence-electron chi connectivity index (χ2n) is 4.12. The number of carbonyl (C=O) groups excluding carboxylic acids is 1. The van der Waals surface area contributed by atoms with E-state index < -0.39 is 0 Å². The van der Waals surface area contributed by atoms with E-state index in [9.17, 15) is 4.79 Å². The highest BCUT2D eigenvalue weighted by molar-refractivity contribution is 5.98. The first-order valence-corrected chi connectivity index (χ1v) is 5.72. The zero-order valence-corrected chi connectivity index (χ0v) is 10.6. The minimum atomic E-state index is -0.211. The van der Waals surface area contributed by atoms with Gasteiger partial charge < -0.3 is 10.2 Å². The number of amides is 1. The van der Waals surface area contributed by atoms with Crippen LogP contribution >= 0.6 is 0 Å². The summed E-state index contributed by atoms with van der Waals surface area (Å²) in [4.78, 5) is 16.6. The van der Waals surface area contributed by atoms with E-state index in [1.165, 1.54) is 0 Å². The molecule has 6 heteroatoms. The van der Waals surface area contributed by atoms with E-state index in [2.05, 4.69) is 20.2 Å². The van der Waals surface area contributed by atoms with E-state index in [4.69, 9.17) is 5.53 Å². The van der Waals surface area contributed by atoms with Crippen molar-refractivity contribution in [3.8, 4) is 0 Å². The van der Waals surface area contributed by atoms with Gasteiger partial charge in [-0.3, -0.25) is 4.79 Å². The number of nitrogens with zero attached hydrogens (tertiary/aromatic N) is 4. The second kappa shape index (κ2) is 7.32. The summed E-state index contributed by atoms with van der Waals surface area (Å²) >= 11 is 0. The Morgan fingerprint density at radius 3 is 2.83 bits per heavy atom. The molecule has 0 aliphatic rings. The molecule has 1 rings (SSSR count). The molecule has 1 amide bonds. The molecule has 0 atom stereocenters. The van der Waals surface area contributed by atoms with Crippen LogP contribution in [-0.2, 0) is 0 Å². The molecule has 1 aromatic carbocycles. The van der Waals surface area contributed by atoms with Crippen LogP contribution in [0.15, 0.2) is 29.4 Å². The summed E-state index contributed by atoms with van der Waals surface area (Å²) < 4.78 is 0. The van der Waals surface area contributed by atoms with Gasteiger partial charge in [0.25, 0.3) is 5.91 Å². The first kappa shape index (κ1) is 14.0. The maximum atomic E-state index is 11.9. The van der Waals surface area contributed by atoms with E-state index >= 15 is 0 Å². The fourth-order valence-electron chi connectivity index (χ4n) is 1.49. The quantitative estimate of drug-likeness (QED) is 0.362. The molecule has 1 N–H and O–H groups in total. The molecule has 0 aliphatic carbocycles. The highest BCUT2D eigenvalue weighted by Crippen LogP contribution is 2.18. The van der Waals surface area contributed by atoms with Gasteiger partial charge in [0.1, 0.15) is 0 Å². The normalized spacial score (nSPS) is 9.94. The third-order valence-electron chi connectivity index (χ3n) is 2.37. The van der Waals surface area contributed by atoms with Crippen LogP contribution in [0, 0.1) is 0 Å². The van der Waals surface area contributed by atoms with Crippen molar-refractivity contribution in [3.05, 3.63) is 40.3 Å². The molecule has 6 nitrogen and oxygen atoms in total. The number of hydrogen-bond acceptors (Lipinski definition) is 3. The molecule has 0 heterocycles. The number of carbonyl (C=O) groups is 1. The van der Waals surface area contributed by atoms with Gasteiger partial charge in [-0.2, -0.15) is 0 Å². The van der Waals surface area contributed by atoms with Gasteiger partial charge in [-0.05, 0) is 38.7 Å². The third kappa shape index (κ3) is 4.45. The summed E-state index contributed by atoms with van der Waals surface area (Å²) in [6.07, 6.45) is 0.877. The Morgan fingerprint density at radius 2 is 2.17 bits per heavy atom. The van der Waals surface area contributed by atoms with Crippen molar-refractivity contribution in [2.75, 3.05) is 27.2 Å². The van der Waals surface area contributed by atoms with Gasteiger partial charge in [-0.25, -0.2) is 0 Å². The Hall–Kier alpha value is -2.04. The number of azide groups is 1. The molecular formula is C12H17N5O. The summed E-state index contributed by atoms with van der Waals surface area (Å²) in [6.45, 7) is 1.51. The number of rotatable bonds is 6. The van der Waals surface area contributed by atoms with Gasteiger partial charge in [0.15, 0.2) is 0 Å². The molecule has 0 aliphatic heterocycles. The number of hydrogen-bond donors (Lipinski definition) is 1. The molecule has 0 saturated heterocycles. The maximum absolute atomic E-state index is 11.9. The summed E-state index contributed by atoms with van der Waals surface area (Å²) in [6, 6.07) is 6.73. The first-order chi connectivity index (χ1) is 8.65. The number of nitrogens with one attached hydrogen (secondary N) is 1. The standard InChI is InChI=1S/C12H17N5O/c1-17(2)9-5-8-14-12(18)10-6-3-4-7-11(10)15-16-13/h3-4,6-7H,5,8-9H2,1-2H3,(H,14,18). The summed E-state index contributed by atoms with van der Waals surface area (Å²) in [7, 11) is 3.97. The maximum Gasteiger partial charge on any atom is 0.251 e. The van der Waals surface area contributed by atoms with Crippen LogP contribution in [0.25, 0.3) is 10.4 Å².